The molecule has 0 bridgehead atoms. The average Bonchev–Trinajstić information content (AvgIpc) is 2.53. The minimum atomic E-state index is -4.97. The van der Waals surface area contributed by atoms with Crippen LogP contribution in [0.1, 0.15) is 18.4 Å². The van der Waals surface area contributed by atoms with Crippen LogP contribution < -0.4 is 4.74 Å². The Morgan fingerprint density at radius 1 is 0.967 bits per heavy atom. The van der Waals surface area contributed by atoms with Crippen LogP contribution in [0.15, 0.2) is 42.5 Å². The van der Waals surface area contributed by atoms with Gasteiger partial charge in [0, 0.05) is 160 Å². The maximum absolute atomic E-state index is 11.2. The maximum atomic E-state index is 11.2. The van der Waals surface area contributed by atoms with Crippen LogP contribution >= 0.6 is 30.8 Å². The van der Waals surface area contributed by atoms with Crippen molar-refractivity contribution in [1.82, 2.24) is 0 Å². The molecule has 0 fully saturated rings. The summed E-state index contributed by atoms with van der Waals surface area (Å²) in [4.78, 5) is 16.1. The molecule has 0 spiro atoms. The van der Waals surface area contributed by atoms with Crippen molar-refractivity contribution in [2.45, 2.75) is 24.3 Å². The molecule has 0 amide bonds. The van der Waals surface area contributed by atoms with Gasteiger partial charge in [0.05, 0.1) is 10.0 Å². The normalized spacial score (nSPS) is 12.0. The Balaban J connectivity index is 0. The molecular weight excluding hydrogens is 555 g/mol. The summed E-state index contributed by atoms with van der Waals surface area (Å²) < 4.78 is 48.2. The second-order valence-corrected chi connectivity index (χ2v) is 10.3. The summed E-state index contributed by atoms with van der Waals surface area (Å²) in [5.41, 5.74) is 0.771. The van der Waals surface area contributed by atoms with Gasteiger partial charge in [0.15, 0.2) is 4.99 Å². The Hall–Kier alpha value is 3.79. The molecule has 0 aliphatic rings. The van der Waals surface area contributed by atoms with Crippen LogP contribution in [-0.2, 0) is 21.1 Å². The van der Waals surface area contributed by atoms with Gasteiger partial charge in [0.1, 0.15) is 11.5 Å². The number of rotatable bonds is 8. The van der Waals surface area contributed by atoms with E-state index < -0.39 is 22.7 Å². The summed E-state index contributed by atoms with van der Waals surface area (Å²) in [5.74, 6) is 0.988. The number of aryl methyl sites for hydroxylation is 1. The molecule has 1 atom stereocenters. The van der Waals surface area contributed by atoms with E-state index in [1.54, 1.807) is 42.5 Å². The molecule has 3 radical (unpaired) electrons. The van der Waals surface area contributed by atoms with Crippen LogP contribution in [0.5, 0.6) is 11.5 Å². The average molecular weight is 573 g/mol. The first kappa shape index (κ1) is 35.9. The van der Waals surface area contributed by atoms with E-state index in [4.69, 9.17) is 42.3 Å². The first-order valence-corrected chi connectivity index (χ1v) is 11.6. The van der Waals surface area contributed by atoms with Gasteiger partial charge in [-0.05, 0) is 49.1 Å². The fraction of sp³-hybridized carbons (Fsp3) is 0.250. The zero-order valence-corrected chi connectivity index (χ0v) is 29.4. The predicted molar refractivity (Wildman–Crippen MR) is 121 cm³/mol. The summed E-state index contributed by atoms with van der Waals surface area (Å²) in [6.07, 6.45) is 0.109. The van der Waals surface area contributed by atoms with Gasteiger partial charge in [-0.2, -0.15) is 8.42 Å². The molecule has 0 aliphatic carbocycles. The third-order valence-corrected chi connectivity index (χ3v) is 7.95. The van der Waals surface area contributed by atoms with Gasteiger partial charge >= 0.3 is 7.60 Å². The van der Waals surface area contributed by atoms with Crippen molar-refractivity contribution in [3.63, 3.8) is 0 Å². The molecule has 1 unspecified atom stereocenters. The number of benzene rings is 2. The van der Waals surface area contributed by atoms with E-state index in [1.807, 2.05) is 0 Å². The van der Waals surface area contributed by atoms with E-state index in [2.05, 4.69) is 0 Å². The zero-order chi connectivity index (χ0) is 20.2. The number of ether oxygens (including phenoxy) is 1. The van der Waals surface area contributed by atoms with Gasteiger partial charge in [0.25, 0.3) is 10.1 Å². The van der Waals surface area contributed by atoms with Gasteiger partial charge in [-0.3, -0.25) is 9.12 Å². The molecular formula is C16H17Cl2K3O7PS. The first-order chi connectivity index (χ1) is 12.5. The maximum Gasteiger partial charge on any atom is 0.346 e. The zero-order valence-electron chi connectivity index (χ0n) is 16.8. The molecule has 0 saturated heterocycles. The Morgan fingerprint density at radius 2 is 1.57 bits per heavy atom. The van der Waals surface area contributed by atoms with Crippen LogP contribution in [0.25, 0.3) is 0 Å². The largest absolute Gasteiger partial charge is 0.457 e. The third kappa shape index (κ3) is 12.7. The topological polar surface area (TPSA) is 121 Å². The monoisotopic (exact) mass is 571 g/mol. The summed E-state index contributed by atoms with van der Waals surface area (Å²) in [7, 11) is -9.81. The van der Waals surface area contributed by atoms with E-state index in [0.29, 0.717) is 28.0 Å². The number of halogens is 2. The summed E-state index contributed by atoms with van der Waals surface area (Å²) in [6.45, 7) is 0. The van der Waals surface area contributed by atoms with Crippen LogP contribution in [-0.4, -0.2) is 182 Å². The van der Waals surface area contributed by atoms with Crippen LogP contribution in [0, 0.1) is 0 Å². The molecule has 3 N–H and O–H groups in total. The Bertz CT molecular complexity index is 973. The van der Waals surface area contributed by atoms with Gasteiger partial charge < -0.3 is 14.5 Å². The molecule has 2 aromatic carbocycles. The molecule has 14 heteroatoms. The van der Waals surface area contributed by atoms with E-state index >= 15 is 0 Å². The third-order valence-electron chi connectivity index (χ3n) is 3.66. The van der Waals surface area contributed by atoms with Crippen molar-refractivity contribution in [3.8, 4) is 11.5 Å². The van der Waals surface area contributed by atoms with Crippen molar-refractivity contribution in [1.29, 1.82) is 0 Å². The molecule has 0 aliphatic heterocycles. The Kier molecular flexibility index (Phi) is 19.8. The molecule has 0 heterocycles. The Morgan fingerprint density at radius 3 is 2.10 bits per heavy atom. The summed E-state index contributed by atoms with van der Waals surface area (Å²) in [6, 6.07) is 11.7. The second kappa shape index (κ2) is 16.5. The Labute approximate surface area is 313 Å². The molecule has 30 heavy (non-hydrogen) atoms. The van der Waals surface area contributed by atoms with Crippen molar-refractivity contribution >= 4 is 195 Å². The van der Waals surface area contributed by atoms with Crippen molar-refractivity contribution in [2.24, 2.45) is 0 Å². The number of hydrogen-bond donors (Lipinski definition) is 3. The predicted octanol–water partition coefficient (Wildman–Crippen LogP) is 3.36. The van der Waals surface area contributed by atoms with E-state index in [9.17, 15) is 13.0 Å². The van der Waals surface area contributed by atoms with Crippen molar-refractivity contribution in [2.75, 3.05) is 0 Å². The standard InChI is InChI=1S/C16H17Cl2O7PS.3K/c17-14-8-7-13(10-15(14)18)25-12-5-1-3-11(9-12)4-2-6-16(26(19,20)21)27(22,23)24;;;/h1,3,5,7-10,16H,2,4,6H2,(H2,19,20,21)(H,22,23,24);;;. The van der Waals surface area contributed by atoms with Gasteiger partial charge in [-0.15, -0.1) is 0 Å². The van der Waals surface area contributed by atoms with Crippen molar-refractivity contribution in [3.05, 3.63) is 58.1 Å². The fourth-order valence-electron chi connectivity index (χ4n) is 2.41. The molecule has 2 rings (SSSR count). The smallest absolute Gasteiger partial charge is 0.346 e. The molecule has 151 valence electrons. The molecule has 2 aromatic rings. The van der Waals surface area contributed by atoms with Gasteiger partial charge in [-0.25, -0.2) is 0 Å². The second-order valence-electron chi connectivity index (χ2n) is 5.78. The summed E-state index contributed by atoms with van der Waals surface area (Å²) >= 11 is 11.8. The van der Waals surface area contributed by atoms with Gasteiger partial charge in [0.2, 0.25) is 0 Å². The molecule has 0 aromatic heterocycles. The van der Waals surface area contributed by atoms with Crippen LogP contribution in [0.4, 0.5) is 0 Å². The SMILES string of the molecule is O=P(O)(O)C(CCCc1cccc(Oc2ccc(Cl)c(Cl)c2)c1)S(=O)(=O)O.[K].[K].[K]. The quantitative estimate of drug-likeness (QED) is 0.252. The first-order valence-electron chi connectivity index (χ1n) is 7.70. The van der Waals surface area contributed by atoms with E-state index in [-0.39, 0.29) is 167 Å². The van der Waals surface area contributed by atoms with Crippen LogP contribution in [0.3, 0.4) is 0 Å². The van der Waals surface area contributed by atoms with Crippen molar-refractivity contribution < 1.29 is 32.1 Å². The van der Waals surface area contributed by atoms with Crippen LogP contribution in [0.2, 0.25) is 10.0 Å². The fourth-order valence-corrected chi connectivity index (χ4v) is 5.07. The van der Waals surface area contributed by atoms with E-state index in [1.165, 1.54) is 0 Å². The summed E-state index contributed by atoms with van der Waals surface area (Å²) in [5, 5.41) is 0.746. The molecule has 0 saturated carbocycles. The number of hydrogen-bond acceptors (Lipinski definition) is 4. The minimum absolute atomic E-state index is 0. The van der Waals surface area contributed by atoms with Gasteiger partial charge in [-0.1, -0.05) is 35.3 Å². The molecule has 7 nitrogen and oxygen atoms in total. The van der Waals surface area contributed by atoms with E-state index in [0.717, 1.165) is 5.56 Å². The minimum Gasteiger partial charge on any atom is -0.457 e.